The van der Waals surface area contributed by atoms with Gasteiger partial charge in [-0.3, -0.25) is 0 Å². The number of amides is 1. The molecule has 0 spiro atoms. The molecule has 24 heavy (non-hydrogen) atoms. The van der Waals surface area contributed by atoms with Gasteiger partial charge in [0.1, 0.15) is 0 Å². The molecule has 0 fully saturated rings. The van der Waals surface area contributed by atoms with Gasteiger partial charge in [-0.15, -0.1) is 0 Å². The van der Waals surface area contributed by atoms with Crippen molar-refractivity contribution in [2.24, 2.45) is 0 Å². The Bertz CT molecular complexity index is 460. The van der Waals surface area contributed by atoms with Gasteiger partial charge in [-0.05, 0) is 6.92 Å². The van der Waals surface area contributed by atoms with E-state index in [1.54, 1.807) is 0 Å². The first-order valence-corrected chi connectivity index (χ1v) is 5.55. The van der Waals surface area contributed by atoms with Crippen LogP contribution in [0.3, 0.4) is 0 Å². The average molecular weight is 389 g/mol. The smallest absolute Gasteiger partial charge is 0.379 e. The Hall–Kier alpha value is -1.57. The Morgan fingerprint density at radius 2 is 1.33 bits per heavy atom. The van der Waals surface area contributed by atoms with Crippen molar-refractivity contribution >= 4 is 6.09 Å². The normalized spacial score (nSPS) is 15.9. The van der Waals surface area contributed by atoms with E-state index in [1.807, 2.05) is 0 Å². The van der Waals surface area contributed by atoms with Crippen LogP contribution in [0.4, 0.5) is 57.5 Å². The molecule has 1 amide bonds. The third-order valence-corrected chi connectivity index (χ3v) is 2.33. The van der Waals surface area contributed by atoms with Crippen molar-refractivity contribution < 1.29 is 62.2 Å². The minimum Gasteiger partial charge on any atom is -0.379 e. The van der Waals surface area contributed by atoms with E-state index < -0.39 is 48.9 Å². The summed E-state index contributed by atoms with van der Waals surface area (Å²) in [6.07, 6.45) is -21.8. The summed E-state index contributed by atoms with van der Waals surface area (Å²) in [5.41, 5.74) is 0. The Labute approximate surface area is 124 Å². The van der Waals surface area contributed by atoms with E-state index in [2.05, 4.69) is 4.74 Å². The Balaban J connectivity index is 5.84. The molecule has 1 unspecified atom stereocenters. The highest BCUT2D eigenvalue weighted by Crippen LogP contribution is 2.56. The maximum atomic E-state index is 13.0. The fourth-order valence-corrected chi connectivity index (χ4v) is 1.12. The van der Waals surface area contributed by atoms with E-state index in [1.165, 1.54) is 5.32 Å². The molecule has 0 aliphatic rings. The van der Waals surface area contributed by atoms with Crippen LogP contribution in [0.1, 0.15) is 6.92 Å². The highest BCUT2D eigenvalue weighted by Gasteiger charge is 2.86. The number of hydrogen-bond donors (Lipinski definition) is 1. The molecule has 1 atom stereocenters. The van der Waals surface area contributed by atoms with Crippen LogP contribution in [-0.2, 0) is 4.74 Å². The molecule has 15 heteroatoms. The summed E-state index contributed by atoms with van der Waals surface area (Å²) in [7, 11) is 0. The molecule has 0 radical (unpaired) electrons. The molecule has 0 aliphatic heterocycles. The zero-order valence-electron chi connectivity index (χ0n) is 11.1. The summed E-state index contributed by atoms with van der Waals surface area (Å²) in [5.74, 6) is -22.3. The highest BCUT2D eigenvalue weighted by atomic mass is 19.4. The number of nitrogens with one attached hydrogen (secondary N) is 1. The van der Waals surface area contributed by atoms with Gasteiger partial charge in [-0.25, -0.2) is 9.18 Å². The molecule has 0 saturated heterocycles. The summed E-state index contributed by atoms with van der Waals surface area (Å²) in [5, 5.41) is 1.25. The van der Waals surface area contributed by atoms with Crippen LogP contribution in [-0.4, -0.2) is 48.9 Å². The molecule has 0 bridgehead atoms. The van der Waals surface area contributed by atoms with E-state index >= 15 is 0 Å². The lowest BCUT2D eigenvalue weighted by molar-refractivity contribution is -0.428. The Morgan fingerprint density at radius 1 is 0.917 bits per heavy atom. The third-order valence-electron chi connectivity index (χ3n) is 2.33. The molecule has 3 nitrogen and oxygen atoms in total. The summed E-state index contributed by atoms with van der Waals surface area (Å²) < 4.78 is 154. The van der Waals surface area contributed by atoms with Crippen LogP contribution in [0.15, 0.2) is 0 Å². The lowest BCUT2D eigenvalue weighted by atomic mass is 9.99. The second-order valence-electron chi connectivity index (χ2n) is 4.11. The van der Waals surface area contributed by atoms with Gasteiger partial charge in [-0.1, -0.05) is 0 Å². The number of ether oxygens (including phenoxy) is 1. The van der Waals surface area contributed by atoms with Crippen LogP contribution in [0.2, 0.25) is 0 Å². The number of alkyl carbamates (subject to hydrolysis) is 1. The fraction of sp³-hybridized carbons (Fsp3) is 0.889. The largest absolute Gasteiger partial charge is 0.474 e. The zero-order chi connectivity index (χ0) is 19.8. The van der Waals surface area contributed by atoms with Gasteiger partial charge in [0.15, 0.2) is 0 Å². The van der Waals surface area contributed by atoms with Gasteiger partial charge >= 0.3 is 36.1 Å². The fourth-order valence-electron chi connectivity index (χ4n) is 1.12. The molecular weight excluding hydrogens is 382 g/mol. The molecule has 0 rings (SSSR count). The molecule has 0 aromatic carbocycles. The van der Waals surface area contributed by atoms with E-state index in [0.29, 0.717) is 0 Å². The maximum absolute atomic E-state index is 13.0. The van der Waals surface area contributed by atoms with E-state index in [-0.39, 0.29) is 0 Å². The first-order valence-electron chi connectivity index (χ1n) is 5.55. The molecule has 0 aromatic heterocycles. The van der Waals surface area contributed by atoms with Gasteiger partial charge < -0.3 is 10.1 Å². The minimum atomic E-state index is -7.58. The predicted octanol–water partition coefficient (Wildman–Crippen LogP) is 4.13. The van der Waals surface area contributed by atoms with Gasteiger partial charge in [-0.2, -0.15) is 48.3 Å². The van der Waals surface area contributed by atoms with E-state index in [4.69, 9.17) is 0 Å². The SMILES string of the molecule is CCNC(=O)OC(F)(F)C(F)(F)C(F)(F)C(F)(F)C(F)C(F)(F)F. The van der Waals surface area contributed by atoms with Gasteiger partial charge in [0.05, 0.1) is 0 Å². The lowest BCUT2D eigenvalue weighted by Crippen LogP contribution is -2.67. The van der Waals surface area contributed by atoms with Gasteiger partial charge in [0.2, 0.25) is 0 Å². The summed E-state index contributed by atoms with van der Waals surface area (Å²) in [4.78, 5) is 10.5. The van der Waals surface area contributed by atoms with Crippen LogP contribution in [0.5, 0.6) is 0 Å². The number of halogens is 12. The molecule has 0 aromatic rings. The number of alkyl halides is 12. The number of hydrogen-bond acceptors (Lipinski definition) is 2. The molecule has 1 N–H and O–H groups in total. The van der Waals surface area contributed by atoms with Crippen LogP contribution in [0.25, 0.3) is 0 Å². The van der Waals surface area contributed by atoms with Crippen molar-refractivity contribution in [2.45, 2.75) is 43.1 Å². The molecule has 0 heterocycles. The molecular formula is C9H7F12NO2. The van der Waals surface area contributed by atoms with Crippen molar-refractivity contribution in [3.8, 4) is 0 Å². The third kappa shape index (κ3) is 3.74. The highest BCUT2D eigenvalue weighted by molar-refractivity contribution is 5.67. The second kappa shape index (κ2) is 6.38. The minimum absolute atomic E-state index is 0.548. The Morgan fingerprint density at radius 3 is 1.67 bits per heavy atom. The number of rotatable bonds is 6. The van der Waals surface area contributed by atoms with Crippen molar-refractivity contribution in [1.82, 2.24) is 5.32 Å². The van der Waals surface area contributed by atoms with Crippen LogP contribution in [0, 0.1) is 0 Å². The van der Waals surface area contributed by atoms with Crippen molar-refractivity contribution in [3.63, 3.8) is 0 Å². The molecule has 0 saturated carbocycles. The van der Waals surface area contributed by atoms with Crippen LogP contribution >= 0.6 is 0 Å². The van der Waals surface area contributed by atoms with Crippen LogP contribution < -0.4 is 5.32 Å². The molecule has 0 aliphatic carbocycles. The first kappa shape index (κ1) is 22.4. The maximum Gasteiger partial charge on any atom is 0.474 e. The van der Waals surface area contributed by atoms with Crippen molar-refractivity contribution in [2.75, 3.05) is 6.54 Å². The second-order valence-corrected chi connectivity index (χ2v) is 4.11. The quantitative estimate of drug-likeness (QED) is 0.694. The van der Waals surface area contributed by atoms with E-state index in [0.717, 1.165) is 6.92 Å². The summed E-state index contributed by atoms with van der Waals surface area (Å²) >= 11 is 0. The standard InChI is InChI=1S/C9H7F12NO2/c1-2-22-4(23)24-9(20,21)8(18,19)7(16,17)5(11,12)3(10)6(13,14)15/h3H,2H2,1H3,(H,22,23). The first-order chi connectivity index (χ1) is 10.4. The van der Waals surface area contributed by atoms with Gasteiger partial charge in [0, 0.05) is 6.54 Å². The lowest BCUT2D eigenvalue weighted by Gasteiger charge is -2.37. The predicted molar refractivity (Wildman–Crippen MR) is 50.9 cm³/mol. The van der Waals surface area contributed by atoms with E-state index in [9.17, 15) is 57.5 Å². The average Bonchev–Trinajstić information content (AvgIpc) is 2.35. The number of carbonyl (C=O) groups excluding carboxylic acids is 1. The number of carbonyl (C=O) groups is 1. The topological polar surface area (TPSA) is 38.3 Å². The zero-order valence-corrected chi connectivity index (χ0v) is 11.1. The monoisotopic (exact) mass is 389 g/mol. The Kier molecular flexibility index (Phi) is 5.97. The summed E-state index contributed by atoms with van der Waals surface area (Å²) in [6, 6.07) is 0. The summed E-state index contributed by atoms with van der Waals surface area (Å²) in [6.45, 7) is 0.477. The van der Waals surface area contributed by atoms with Crippen molar-refractivity contribution in [1.29, 1.82) is 0 Å². The van der Waals surface area contributed by atoms with Gasteiger partial charge in [0.25, 0.3) is 6.17 Å². The van der Waals surface area contributed by atoms with Crippen molar-refractivity contribution in [3.05, 3.63) is 0 Å². The molecule has 144 valence electrons.